The molecule has 0 aromatic heterocycles. The lowest BCUT2D eigenvalue weighted by Gasteiger charge is -2.36. The van der Waals surface area contributed by atoms with Gasteiger partial charge in [-0.05, 0) is 37.5 Å². The molecule has 2 fully saturated rings. The molecule has 1 aliphatic carbocycles. The molecule has 1 aliphatic heterocycles. The van der Waals surface area contributed by atoms with E-state index in [2.05, 4.69) is 28.1 Å². The number of hydrogen-bond acceptors (Lipinski definition) is 3. The van der Waals surface area contributed by atoms with Crippen molar-refractivity contribution in [1.82, 2.24) is 0 Å². The average Bonchev–Trinajstić information content (AvgIpc) is 2.81. The standard InChI is InChI=1S/C16H19BrO3/c1-2-19-13-7-11-9-20-16(18)15(11)14(8-13)10-3-5-12(17)6-4-10/h3-6,11,13-15H,2,7-9H2,1H3/t11-,13-,14+,15+/m0/s1. The number of carbonyl (C=O) groups excluding carboxylic acids is 1. The van der Waals surface area contributed by atoms with E-state index < -0.39 is 0 Å². The van der Waals surface area contributed by atoms with Crippen LogP contribution in [0.2, 0.25) is 0 Å². The Hall–Kier alpha value is -0.870. The maximum absolute atomic E-state index is 12.1. The van der Waals surface area contributed by atoms with Crippen LogP contribution in [0.15, 0.2) is 28.7 Å². The summed E-state index contributed by atoms with van der Waals surface area (Å²) in [5.74, 6) is 0.501. The predicted octanol–water partition coefficient (Wildman–Crippen LogP) is 3.52. The zero-order chi connectivity index (χ0) is 14.1. The zero-order valence-electron chi connectivity index (χ0n) is 11.5. The molecule has 0 spiro atoms. The molecular formula is C16H19BrO3. The lowest BCUT2D eigenvalue weighted by atomic mass is 9.69. The molecule has 0 N–H and O–H groups in total. The van der Waals surface area contributed by atoms with Crippen molar-refractivity contribution >= 4 is 21.9 Å². The first-order valence-corrected chi connectivity index (χ1v) is 8.02. The minimum atomic E-state index is -0.0298. The fraction of sp³-hybridized carbons (Fsp3) is 0.562. The van der Waals surface area contributed by atoms with Crippen molar-refractivity contribution in [3.05, 3.63) is 34.3 Å². The van der Waals surface area contributed by atoms with E-state index in [0.717, 1.165) is 23.9 Å². The first-order chi connectivity index (χ1) is 9.69. The van der Waals surface area contributed by atoms with Crippen LogP contribution in [0.5, 0.6) is 0 Å². The molecule has 20 heavy (non-hydrogen) atoms. The monoisotopic (exact) mass is 338 g/mol. The fourth-order valence-corrected chi connectivity index (χ4v) is 3.84. The van der Waals surface area contributed by atoms with Crippen LogP contribution >= 0.6 is 15.9 Å². The third kappa shape index (κ3) is 2.63. The first-order valence-electron chi connectivity index (χ1n) is 7.22. The summed E-state index contributed by atoms with van der Waals surface area (Å²) in [5.41, 5.74) is 1.21. The van der Waals surface area contributed by atoms with Crippen molar-refractivity contribution in [2.24, 2.45) is 11.8 Å². The largest absolute Gasteiger partial charge is 0.465 e. The Labute approximate surface area is 127 Å². The van der Waals surface area contributed by atoms with Crippen LogP contribution in [0.1, 0.15) is 31.2 Å². The van der Waals surface area contributed by atoms with Crippen molar-refractivity contribution in [3.63, 3.8) is 0 Å². The summed E-state index contributed by atoms with van der Waals surface area (Å²) >= 11 is 3.46. The number of carbonyl (C=O) groups is 1. The Morgan fingerprint density at radius 3 is 2.75 bits per heavy atom. The molecule has 0 unspecified atom stereocenters. The van der Waals surface area contributed by atoms with Gasteiger partial charge in [-0.2, -0.15) is 0 Å². The second-order valence-electron chi connectivity index (χ2n) is 5.62. The number of rotatable bonds is 3. The number of cyclic esters (lactones) is 1. The van der Waals surface area contributed by atoms with Crippen molar-refractivity contribution < 1.29 is 14.3 Å². The normalized spacial score (nSPS) is 32.8. The number of halogens is 1. The van der Waals surface area contributed by atoms with Crippen LogP contribution in [0.3, 0.4) is 0 Å². The van der Waals surface area contributed by atoms with E-state index in [1.807, 2.05) is 19.1 Å². The van der Waals surface area contributed by atoms with Gasteiger partial charge in [-0.3, -0.25) is 4.79 Å². The van der Waals surface area contributed by atoms with E-state index in [1.54, 1.807) is 0 Å². The van der Waals surface area contributed by atoms with Crippen LogP contribution in [-0.4, -0.2) is 25.3 Å². The van der Waals surface area contributed by atoms with Crippen molar-refractivity contribution in [2.45, 2.75) is 31.8 Å². The molecule has 1 saturated heterocycles. The van der Waals surface area contributed by atoms with Crippen LogP contribution < -0.4 is 0 Å². The van der Waals surface area contributed by atoms with E-state index in [4.69, 9.17) is 9.47 Å². The molecule has 108 valence electrons. The van der Waals surface area contributed by atoms with Gasteiger partial charge in [0, 0.05) is 22.9 Å². The number of esters is 1. The maximum atomic E-state index is 12.1. The highest BCUT2D eigenvalue weighted by molar-refractivity contribution is 9.10. The highest BCUT2D eigenvalue weighted by Gasteiger charge is 2.47. The van der Waals surface area contributed by atoms with Crippen LogP contribution in [0.4, 0.5) is 0 Å². The van der Waals surface area contributed by atoms with Crippen molar-refractivity contribution in [3.8, 4) is 0 Å². The van der Waals surface area contributed by atoms with E-state index >= 15 is 0 Å². The zero-order valence-corrected chi connectivity index (χ0v) is 13.1. The molecular weight excluding hydrogens is 320 g/mol. The van der Waals surface area contributed by atoms with Gasteiger partial charge in [-0.25, -0.2) is 0 Å². The Kier molecular flexibility index (Phi) is 4.13. The van der Waals surface area contributed by atoms with Crippen molar-refractivity contribution in [1.29, 1.82) is 0 Å². The van der Waals surface area contributed by atoms with Crippen LogP contribution in [0, 0.1) is 11.8 Å². The van der Waals surface area contributed by atoms with Gasteiger partial charge >= 0.3 is 5.97 Å². The molecule has 4 heteroatoms. The van der Waals surface area contributed by atoms with Gasteiger partial charge in [0.2, 0.25) is 0 Å². The molecule has 0 bridgehead atoms. The highest BCUT2D eigenvalue weighted by Crippen LogP contribution is 2.46. The first kappa shape index (κ1) is 14.1. The summed E-state index contributed by atoms with van der Waals surface area (Å²) in [6.07, 6.45) is 2.09. The SMILES string of the molecule is CCO[C@H]1C[C@H]2COC(=O)[C@H]2[C@@H](c2ccc(Br)cc2)C1. The average molecular weight is 339 g/mol. The quantitative estimate of drug-likeness (QED) is 0.791. The molecule has 0 amide bonds. The third-order valence-electron chi connectivity index (χ3n) is 4.44. The van der Waals surface area contributed by atoms with Gasteiger partial charge in [0.25, 0.3) is 0 Å². The lowest BCUT2D eigenvalue weighted by molar-refractivity contribution is -0.142. The summed E-state index contributed by atoms with van der Waals surface area (Å²) < 4.78 is 12.2. The number of benzene rings is 1. The summed E-state index contributed by atoms with van der Waals surface area (Å²) in [6.45, 7) is 3.31. The molecule has 0 radical (unpaired) electrons. The summed E-state index contributed by atoms with van der Waals surface area (Å²) in [4.78, 5) is 12.1. The van der Waals surface area contributed by atoms with Gasteiger partial charge < -0.3 is 9.47 Å². The summed E-state index contributed by atoms with van der Waals surface area (Å²) in [6, 6.07) is 8.28. The Morgan fingerprint density at radius 2 is 2.05 bits per heavy atom. The molecule has 3 rings (SSSR count). The number of ether oxygens (including phenoxy) is 2. The molecule has 3 nitrogen and oxygen atoms in total. The molecule has 1 saturated carbocycles. The fourth-order valence-electron chi connectivity index (χ4n) is 3.58. The minimum absolute atomic E-state index is 0.00730. The van der Waals surface area contributed by atoms with E-state index in [-0.39, 0.29) is 23.9 Å². The number of hydrogen-bond donors (Lipinski definition) is 0. The van der Waals surface area contributed by atoms with Gasteiger partial charge in [0.1, 0.15) is 0 Å². The van der Waals surface area contributed by atoms with E-state index in [9.17, 15) is 4.79 Å². The summed E-state index contributed by atoms with van der Waals surface area (Å²) in [5, 5.41) is 0. The maximum Gasteiger partial charge on any atom is 0.309 e. The lowest BCUT2D eigenvalue weighted by Crippen LogP contribution is -2.36. The predicted molar refractivity (Wildman–Crippen MR) is 79.5 cm³/mol. The number of fused-ring (bicyclic) bond motifs is 1. The molecule has 2 aliphatic rings. The Morgan fingerprint density at radius 1 is 1.30 bits per heavy atom. The van der Waals surface area contributed by atoms with E-state index in [0.29, 0.717) is 12.5 Å². The van der Waals surface area contributed by atoms with Crippen LogP contribution in [-0.2, 0) is 14.3 Å². The summed E-state index contributed by atoms with van der Waals surface area (Å²) in [7, 11) is 0. The smallest absolute Gasteiger partial charge is 0.309 e. The van der Waals surface area contributed by atoms with Crippen LogP contribution in [0.25, 0.3) is 0 Å². The molecule has 1 aromatic rings. The molecule has 1 heterocycles. The van der Waals surface area contributed by atoms with Gasteiger partial charge in [0.05, 0.1) is 18.6 Å². The molecule has 1 aromatic carbocycles. The minimum Gasteiger partial charge on any atom is -0.465 e. The third-order valence-corrected chi connectivity index (χ3v) is 4.96. The highest BCUT2D eigenvalue weighted by atomic mass is 79.9. The van der Waals surface area contributed by atoms with E-state index in [1.165, 1.54) is 5.56 Å². The second-order valence-corrected chi connectivity index (χ2v) is 6.54. The molecule has 4 atom stereocenters. The topological polar surface area (TPSA) is 35.5 Å². The van der Waals surface area contributed by atoms with Gasteiger partial charge in [-0.1, -0.05) is 28.1 Å². The van der Waals surface area contributed by atoms with Gasteiger partial charge in [0.15, 0.2) is 0 Å². The van der Waals surface area contributed by atoms with Gasteiger partial charge in [-0.15, -0.1) is 0 Å². The Bertz CT molecular complexity index is 485. The Balaban J connectivity index is 1.88. The second kappa shape index (κ2) is 5.86. The van der Waals surface area contributed by atoms with Crippen molar-refractivity contribution in [2.75, 3.05) is 13.2 Å².